The number of carbonyl (C=O) groups excluding carboxylic acids is 2. The van der Waals surface area contributed by atoms with E-state index in [4.69, 9.17) is 21.1 Å². The zero-order valence-corrected chi connectivity index (χ0v) is 20.0. The Morgan fingerprint density at radius 1 is 1.37 bits per heavy atom. The first-order valence-electron chi connectivity index (χ1n) is 11.0. The number of morpholine rings is 1. The van der Waals surface area contributed by atoms with Crippen molar-refractivity contribution in [3.8, 4) is 5.75 Å². The molecule has 1 fully saturated rings. The number of pyridine rings is 1. The molecule has 0 aliphatic carbocycles. The number of rotatable bonds is 8. The lowest BCUT2D eigenvalue weighted by Crippen LogP contribution is -2.49. The van der Waals surface area contributed by atoms with Gasteiger partial charge < -0.3 is 25.4 Å². The van der Waals surface area contributed by atoms with Crippen molar-refractivity contribution in [2.75, 3.05) is 33.4 Å². The van der Waals surface area contributed by atoms with Crippen molar-refractivity contribution < 1.29 is 23.5 Å². The number of nitrogens with zero attached hydrogens (tertiary/aromatic N) is 4. The largest absolute Gasteiger partial charge is 0.494 e. The van der Waals surface area contributed by atoms with E-state index in [1.54, 1.807) is 24.0 Å². The number of amidine groups is 1. The molecule has 12 heteroatoms. The Bertz CT molecular complexity index is 1110. The Morgan fingerprint density at radius 2 is 2.14 bits per heavy atom. The second-order valence-electron chi connectivity index (χ2n) is 8.10. The summed E-state index contributed by atoms with van der Waals surface area (Å²) in [5.74, 6) is 5.24. The van der Waals surface area contributed by atoms with Gasteiger partial charge in [-0.25, -0.2) is 20.3 Å². The lowest BCUT2D eigenvalue weighted by Gasteiger charge is -2.33. The summed E-state index contributed by atoms with van der Waals surface area (Å²) >= 11 is 0. The number of methoxy groups -OCH3 is 1. The highest BCUT2D eigenvalue weighted by Gasteiger charge is 2.23. The number of halogens is 1. The van der Waals surface area contributed by atoms with Crippen LogP contribution in [0.1, 0.15) is 34.2 Å². The minimum Gasteiger partial charge on any atom is -0.494 e. The highest BCUT2D eigenvalue weighted by molar-refractivity contribution is 6.00. The molecule has 2 amide bonds. The SMILES string of the molecule is COc1cc(CNC(=O)c2cc(/C(N)=N/N(N)CC3CN(C(C)=O)CCO3)cc(C)n2)ccc1F. The maximum absolute atomic E-state index is 13.6. The normalized spacial score (nSPS) is 16.1. The zero-order chi connectivity index (χ0) is 25.5. The van der Waals surface area contributed by atoms with Crippen molar-refractivity contribution in [1.82, 2.24) is 20.3 Å². The number of nitrogens with one attached hydrogen (secondary N) is 1. The van der Waals surface area contributed by atoms with E-state index in [9.17, 15) is 14.0 Å². The van der Waals surface area contributed by atoms with Gasteiger partial charge in [-0.3, -0.25) is 9.59 Å². The predicted octanol–water partition coefficient (Wildman–Crippen LogP) is 0.511. The maximum Gasteiger partial charge on any atom is 0.270 e. The van der Waals surface area contributed by atoms with Gasteiger partial charge in [0.05, 0.1) is 26.4 Å². The summed E-state index contributed by atoms with van der Waals surface area (Å²) in [6, 6.07) is 7.53. The quantitative estimate of drug-likeness (QED) is 0.211. The van der Waals surface area contributed by atoms with Crippen molar-refractivity contribution in [3.63, 3.8) is 0 Å². The zero-order valence-electron chi connectivity index (χ0n) is 20.0. The molecule has 1 aromatic carbocycles. The highest BCUT2D eigenvalue weighted by Crippen LogP contribution is 2.18. The monoisotopic (exact) mass is 487 g/mol. The molecule has 0 saturated carbocycles. The summed E-state index contributed by atoms with van der Waals surface area (Å²) in [4.78, 5) is 30.2. The van der Waals surface area contributed by atoms with E-state index in [1.165, 1.54) is 32.2 Å². The number of hydrogen-bond acceptors (Lipinski definition) is 8. The van der Waals surface area contributed by atoms with Gasteiger partial charge in [0.1, 0.15) is 5.69 Å². The van der Waals surface area contributed by atoms with E-state index in [1.807, 2.05) is 0 Å². The number of aryl methyl sites for hydroxylation is 1. The van der Waals surface area contributed by atoms with Crippen molar-refractivity contribution in [2.24, 2.45) is 16.7 Å². The van der Waals surface area contributed by atoms with Crippen LogP contribution in [0.5, 0.6) is 5.75 Å². The average Bonchev–Trinajstić information content (AvgIpc) is 2.82. The van der Waals surface area contributed by atoms with Crippen LogP contribution in [0.4, 0.5) is 4.39 Å². The van der Waals surface area contributed by atoms with Crippen molar-refractivity contribution in [3.05, 3.63) is 58.7 Å². The van der Waals surface area contributed by atoms with Crippen LogP contribution in [-0.4, -0.2) is 72.1 Å². The molecule has 1 aliphatic rings. The smallest absolute Gasteiger partial charge is 0.270 e. The molecule has 3 rings (SSSR count). The van der Waals surface area contributed by atoms with Gasteiger partial charge in [-0.2, -0.15) is 0 Å². The molecule has 35 heavy (non-hydrogen) atoms. The third kappa shape index (κ3) is 7.11. The first-order valence-corrected chi connectivity index (χ1v) is 11.0. The first-order chi connectivity index (χ1) is 16.7. The van der Waals surface area contributed by atoms with E-state index in [-0.39, 0.29) is 42.4 Å². The molecular weight excluding hydrogens is 457 g/mol. The number of hydrazone groups is 1. The summed E-state index contributed by atoms with van der Waals surface area (Å²) in [5, 5.41) is 8.08. The molecule has 1 saturated heterocycles. The van der Waals surface area contributed by atoms with Crippen LogP contribution in [0, 0.1) is 12.7 Å². The van der Waals surface area contributed by atoms with Crippen molar-refractivity contribution in [1.29, 1.82) is 0 Å². The average molecular weight is 488 g/mol. The van der Waals surface area contributed by atoms with E-state index < -0.39 is 11.7 Å². The van der Waals surface area contributed by atoms with Gasteiger partial charge in [-0.15, -0.1) is 5.10 Å². The van der Waals surface area contributed by atoms with Gasteiger partial charge in [0.25, 0.3) is 5.91 Å². The number of aromatic nitrogens is 1. The number of hydrogen-bond donors (Lipinski definition) is 3. The topological polar surface area (TPSA) is 148 Å². The molecule has 188 valence electrons. The number of benzene rings is 1. The minimum absolute atomic E-state index is 0.0264. The lowest BCUT2D eigenvalue weighted by molar-refractivity contribution is -0.137. The molecule has 0 spiro atoms. The molecule has 1 aliphatic heterocycles. The van der Waals surface area contributed by atoms with Crippen LogP contribution in [0.2, 0.25) is 0 Å². The van der Waals surface area contributed by atoms with E-state index >= 15 is 0 Å². The Morgan fingerprint density at radius 3 is 2.86 bits per heavy atom. The third-order valence-corrected chi connectivity index (χ3v) is 5.36. The summed E-state index contributed by atoms with van der Waals surface area (Å²) in [5.41, 5.74) is 7.98. The molecular formula is C23H30FN7O4. The standard InChI is InChI=1S/C23H30FN7O4/c1-14-8-17(22(25)29-31(26)13-18-12-30(15(2)32)6-7-35-18)10-20(28-14)23(33)27-11-16-4-5-19(24)21(9-16)34-3/h4-5,8-10,18H,6-7,11-13,26H2,1-3H3,(H2,25,29)(H,27,33). The summed E-state index contributed by atoms with van der Waals surface area (Å²) in [7, 11) is 1.37. The second-order valence-corrected chi connectivity index (χ2v) is 8.10. The highest BCUT2D eigenvalue weighted by atomic mass is 19.1. The maximum atomic E-state index is 13.6. The minimum atomic E-state index is -0.484. The van der Waals surface area contributed by atoms with E-state index in [0.717, 1.165) is 5.12 Å². The Labute approximate surface area is 202 Å². The van der Waals surface area contributed by atoms with E-state index in [2.05, 4.69) is 15.4 Å². The van der Waals surface area contributed by atoms with Gasteiger partial charge in [0, 0.05) is 37.8 Å². The van der Waals surface area contributed by atoms with Gasteiger partial charge in [-0.05, 0) is 36.8 Å². The third-order valence-electron chi connectivity index (χ3n) is 5.36. The number of ether oxygens (including phenoxy) is 2. The Hall–Kier alpha value is -3.77. The van der Waals surface area contributed by atoms with Crippen LogP contribution in [-0.2, 0) is 16.1 Å². The van der Waals surface area contributed by atoms with Crippen LogP contribution in [0.25, 0.3) is 0 Å². The Kier molecular flexibility index (Phi) is 8.55. The molecule has 1 aromatic heterocycles. The van der Waals surface area contributed by atoms with Crippen LogP contribution >= 0.6 is 0 Å². The van der Waals surface area contributed by atoms with Crippen LogP contribution in [0.3, 0.4) is 0 Å². The molecule has 2 aromatic rings. The second kappa shape index (κ2) is 11.6. The fourth-order valence-corrected chi connectivity index (χ4v) is 3.58. The van der Waals surface area contributed by atoms with Gasteiger partial charge >= 0.3 is 0 Å². The number of hydrazine groups is 1. The molecule has 0 bridgehead atoms. The summed E-state index contributed by atoms with van der Waals surface area (Å²) < 4.78 is 24.2. The number of nitrogens with two attached hydrogens (primary N) is 2. The van der Waals surface area contributed by atoms with Gasteiger partial charge in [0.2, 0.25) is 5.91 Å². The summed E-state index contributed by atoms with van der Waals surface area (Å²) in [6.07, 6.45) is -0.306. The number of carbonyl (C=O) groups is 2. The fraction of sp³-hybridized carbons (Fsp3) is 0.391. The molecule has 1 atom stereocenters. The number of amides is 2. The van der Waals surface area contributed by atoms with Crippen molar-refractivity contribution in [2.45, 2.75) is 26.5 Å². The first kappa shape index (κ1) is 25.8. The fourth-order valence-electron chi connectivity index (χ4n) is 3.58. The summed E-state index contributed by atoms with van der Waals surface area (Å²) in [6.45, 7) is 4.99. The molecule has 11 nitrogen and oxygen atoms in total. The van der Waals surface area contributed by atoms with Crippen molar-refractivity contribution >= 4 is 17.6 Å². The van der Waals surface area contributed by atoms with E-state index in [0.29, 0.717) is 36.5 Å². The molecule has 2 heterocycles. The predicted molar refractivity (Wildman–Crippen MR) is 127 cm³/mol. The Balaban J connectivity index is 1.65. The molecule has 1 unspecified atom stereocenters. The lowest BCUT2D eigenvalue weighted by atomic mass is 10.1. The molecule has 5 N–H and O–H groups in total. The molecule has 0 radical (unpaired) electrons. The van der Waals surface area contributed by atoms with Gasteiger partial charge in [-0.1, -0.05) is 6.07 Å². The van der Waals surface area contributed by atoms with Crippen LogP contribution in [0.15, 0.2) is 35.4 Å². The van der Waals surface area contributed by atoms with Gasteiger partial charge in [0.15, 0.2) is 17.4 Å². The van der Waals surface area contributed by atoms with Crippen LogP contribution < -0.4 is 21.6 Å².